The third kappa shape index (κ3) is 2.99. The standard InChI is InChI=1S/C19H23NO3/c21-17(20-16-4-2-1-3-5-16)11-23-19(22)18-14-7-12-6-13(9-14)10-15(18)8-12/h1-5,12-15,18H,6-11H2,(H,20,21). The molecule has 0 saturated heterocycles. The number of para-hydroxylation sites is 1. The smallest absolute Gasteiger partial charge is 0.310 e. The summed E-state index contributed by atoms with van der Waals surface area (Å²) >= 11 is 0. The summed E-state index contributed by atoms with van der Waals surface area (Å²) < 4.78 is 5.35. The average molecular weight is 313 g/mol. The van der Waals surface area contributed by atoms with Crippen LogP contribution in [-0.2, 0) is 14.3 Å². The van der Waals surface area contributed by atoms with Crippen LogP contribution in [-0.4, -0.2) is 18.5 Å². The van der Waals surface area contributed by atoms with Gasteiger partial charge < -0.3 is 10.1 Å². The maximum absolute atomic E-state index is 12.5. The van der Waals surface area contributed by atoms with E-state index in [9.17, 15) is 9.59 Å². The second-order valence-electron chi connectivity index (χ2n) is 7.48. The third-order valence-corrected chi connectivity index (χ3v) is 5.90. The zero-order valence-corrected chi connectivity index (χ0v) is 13.2. The number of benzene rings is 1. The van der Waals surface area contributed by atoms with E-state index in [0.717, 1.165) is 17.5 Å². The van der Waals surface area contributed by atoms with Crippen LogP contribution >= 0.6 is 0 Å². The maximum Gasteiger partial charge on any atom is 0.310 e. The van der Waals surface area contributed by atoms with E-state index < -0.39 is 0 Å². The van der Waals surface area contributed by atoms with E-state index in [1.54, 1.807) is 0 Å². The minimum atomic E-state index is -0.270. The fourth-order valence-electron chi connectivity index (χ4n) is 5.26. The summed E-state index contributed by atoms with van der Waals surface area (Å²) in [4.78, 5) is 24.4. The normalized spacial score (nSPS) is 34.2. The SMILES string of the molecule is O=C(COC(=O)C1C2CC3CC(C2)CC1C3)Nc1ccccc1. The van der Waals surface area contributed by atoms with Gasteiger partial charge in [0.2, 0.25) is 0 Å². The average Bonchev–Trinajstić information content (AvgIpc) is 2.53. The van der Waals surface area contributed by atoms with Crippen LogP contribution < -0.4 is 5.32 Å². The molecule has 0 aliphatic heterocycles. The fraction of sp³-hybridized carbons (Fsp3) is 0.579. The Hall–Kier alpha value is -1.84. The van der Waals surface area contributed by atoms with Crippen molar-refractivity contribution < 1.29 is 14.3 Å². The number of anilines is 1. The third-order valence-electron chi connectivity index (χ3n) is 5.90. The highest BCUT2D eigenvalue weighted by Gasteiger charge is 2.51. The summed E-state index contributed by atoms with van der Waals surface area (Å²) in [6.07, 6.45) is 6.10. The van der Waals surface area contributed by atoms with Gasteiger partial charge in [0.05, 0.1) is 5.92 Å². The van der Waals surface area contributed by atoms with Crippen LogP contribution in [0.4, 0.5) is 5.69 Å². The lowest BCUT2D eigenvalue weighted by Crippen LogP contribution is -2.48. The van der Waals surface area contributed by atoms with Crippen LogP contribution in [0.3, 0.4) is 0 Å². The van der Waals surface area contributed by atoms with E-state index in [0.29, 0.717) is 11.8 Å². The number of hydrogen-bond donors (Lipinski definition) is 1. The molecule has 4 saturated carbocycles. The molecule has 4 aliphatic rings. The highest BCUT2D eigenvalue weighted by atomic mass is 16.5. The molecule has 1 aromatic rings. The molecule has 0 spiro atoms. The van der Waals surface area contributed by atoms with Crippen molar-refractivity contribution in [1.82, 2.24) is 0 Å². The Morgan fingerprint density at radius 2 is 1.57 bits per heavy atom. The summed E-state index contributed by atoms with van der Waals surface area (Å²) in [5, 5.41) is 2.75. The molecule has 0 aromatic heterocycles. The van der Waals surface area contributed by atoms with Crippen molar-refractivity contribution in [2.75, 3.05) is 11.9 Å². The molecule has 122 valence electrons. The first kappa shape index (κ1) is 14.7. The minimum Gasteiger partial charge on any atom is -0.455 e. The number of carbonyl (C=O) groups excluding carboxylic acids is 2. The molecule has 0 atom stereocenters. The molecule has 4 heteroatoms. The second kappa shape index (κ2) is 5.99. The Morgan fingerprint density at radius 1 is 0.957 bits per heavy atom. The van der Waals surface area contributed by atoms with E-state index in [4.69, 9.17) is 4.74 Å². The minimum absolute atomic E-state index is 0.0346. The van der Waals surface area contributed by atoms with Crippen molar-refractivity contribution in [3.05, 3.63) is 30.3 Å². The van der Waals surface area contributed by atoms with Crippen molar-refractivity contribution in [2.45, 2.75) is 32.1 Å². The number of esters is 1. The monoisotopic (exact) mass is 313 g/mol. The van der Waals surface area contributed by atoms with E-state index in [-0.39, 0.29) is 24.4 Å². The number of amides is 1. The van der Waals surface area contributed by atoms with Crippen LogP contribution in [0, 0.1) is 29.6 Å². The second-order valence-corrected chi connectivity index (χ2v) is 7.48. The summed E-state index contributed by atoms with van der Waals surface area (Å²) in [7, 11) is 0. The van der Waals surface area contributed by atoms with Crippen molar-refractivity contribution in [3.63, 3.8) is 0 Å². The molecule has 0 unspecified atom stereocenters. The van der Waals surface area contributed by atoms with Crippen molar-refractivity contribution in [1.29, 1.82) is 0 Å². The van der Waals surface area contributed by atoms with Crippen LogP contribution in [0.15, 0.2) is 30.3 Å². The van der Waals surface area contributed by atoms with Gasteiger partial charge in [-0.3, -0.25) is 9.59 Å². The lowest BCUT2D eigenvalue weighted by molar-refractivity contribution is -0.164. The lowest BCUT2D eigenvalue weighted by atomic mass is 9.52. The van der Waals surface area contributed by atoms with E-state index in [1.807, 2.05) is 30.3 Å². The van der Waals surface area contributed by atoms with Gasteiger partial charge in [-0.15, -0.1) is 0 Å². The zero-order chi connectivity index (χ0) is 15.8. The first-order valence-electron chi connectivity index (χ1n) is 8.70. The molecule has 0 radical (unpaired) electrons. The molecule has 4 fully saturated rings. The largest absolute Gasteiger partial charge is 0.455 e. The van der Waals surface area contributed by atoms with Gasteiger partial charge >= 0.3 is 5.97 Å². The first-order chi connectivity index (χ1) is 11.2. The Morgan fingerprint density at radius 3 is 2.17 bits per heavy atom. The molecule has 1 amide bonds. The summed E-state index contributed by atoms with van der Waals surface area (Å²) in [6.45, 7) is -0.184. The number of nitrogens with one attached hydrogen (secondary N) is 1. The fourth-order valence-corrected chi connectivity index (χ4v) is 5.26. The number of rotatable bonds is 4. The van der Waals surface area contributed by atoms with Crippen molar-refractivity contribution >= 4 is 17.6 Å². The molecule has 5 rings (SSSR count). The van der Waals surface area contributed by atoms with Crippen LogP contribution in [0.25, 0.3) is 0 Å². The number of hydrogen-bond acceptors (Lipinski definition) is 3. The van der Waals surface area contributed by atoms with Crippen LogP contribution in [0.1, 0.15) is 32.1 Å². The molecule has 4 nitrogen and oxygen atoms in total. The van der Waals surface area contributed by atoms with Gasteiger partial charge in [0.25, 0.3) is 5.91 Å². The van der Waals surface area contributed by atoms with E-state index in [2.05, 4.69) is 5.32 Å². The molecular formula is C19H23NO3. The Balaban J connectivity index is 1.31. The number of ether oxygens (including phenoxy) is 1. The molecular weight excluding hydrogens is 290 g/mol. The van der Waals surface area contributed by atoms with Gasteiger partial charge in [-0.2, -0.15) is 0 Å². The number of carbonyl (C=O) groups is 2. The van der Waals surface area contributed by atoms with E-state index >= 15 is 0 Å². The molecule has 1 aromatic carbocycles. The zero-order valence-electron chi connectivity index (χ0n) is 13.2. The van der Waals surface area contributed by atoms with Crippen molar-refractivity contribution in [2.24, 2.45) is 29.6 Å². The molecule has 0 heterocycles. The van der Waals surface area contributed by atoms with E-state index in [1.165, 1.54) is 32.1 Å². The topological polar surface area (TPSA) is 55.4 Å². The Labute approximate surface area is 136 Å². The predicted octanol–water partition coefficient (Wildman–Crippen LogP) is 3.24. The maximum atomic E-state index is 12.5. The quantitative estimate of drug-likeness (QED) is 0.868. The van der Waals surface area contributed by atoms with Gasteiger partial charge in [0.1, 0.15) is 0 Å². The molecule has 4 bridgehead atoms. The highest BCUT2D eigenvalue weighted by Crippen LogP contribution is 2.56. The Bertz CT molecular complexity index is 570. The van der Waals surface area contributed by atoms with Crippen molar-refractivity contribution in [3.8, 4) is 0 Å². The van der Waals surface area contributed by atoms with Crippen LogP contribution in [0.5, 0.6) is 0 Å². The summed E-state index contributed by atoms with van der Waals surface area (Å²) in [5.41, 5.74) is 0.725. The highest BCUT2D eigenvalue weighted by molar-refractivity contribution is 5.92. The first-order valence-corrected chi connectivity index (χ1v) is 8.70. The Kier molecular flexibility index (Phi) is 3.83. The van der Waals surface area contributed by atoms with Gasteiger partial charge in [-0.05, 0) is 67.9 Å². The van der Waals surface area contributed by atoms with Gasteiger partial charge in [-0.1, -0.05) is 18.2 Å². The van der Waals surface area contributed by atoms with Gasteiger partial charge in [0, 0.05) is 5.69 Å². The summed E-state index contributed by atoms with van der Waals surface area (Å²) in [6, 6.07) is 9.24. The lowest BCUT2D eigenvalue weighted by Gasteiger charge is -2.53. The molecule has 23 heavy (non-hydrogen) atoms. The molecule has 1 N–H and O–H groups in total. The summed E-state index contributed by atoms with van der Waals surface area (Å²) in [5.74, 6) is 2.28. The van der Waals surface area contributed by atoms with Crippen LogP contribution in [0.2, 0.25) is 0 Å². The van der Waals surface area contributed by atoms with Gasteiger partial charge in [0.15, 0.2) is 6.61 Å². The molecule has 4 aliphatic carbocycles. The van der Waals surface area contributed by atoms with Gasteiger partial charge in [-0.25, -0.2) is 0 Å². The predicted molar refractivity (Wildman–Crippen MR) is 86.6 cm³/mol.